The first-order valence-electron chi connectivity index (χ1n) is 6.04. The summed E-state index contributed by atoms with van der Waals surface area (Å²) < 4.78 is 6.30. The van der Waals surface area contributed by atoms with Crippen LogP contribution in [0.15, 0.2) is 53.0 Å². The first kappa shape index (κ1) is 14.3. The molecule has 0 unspecified atom stereocenters. The number of carbonyl (C=O) groups is 1. The molecule has 4 heteroatoms. The van der Waals surface area contributed by atoms with Crippen molar-refractivity contribution in [3.05, 3.63) is 64.1 Å². The van der Waals surface area contributed by atoms with Crippen LogP contribution in [0.4, 0.5) is 0 Å². The van der Waals surface area contributed by atoms with E-state index in [9.17, 15) is 4.79 Å². The summed E-state index contributed by atoms with van der Waals surface area (Å²) in [5.74, 6) is 0.331. The Morgan fingerprint density at radius 3 is 2.65 bits per heavy atom. The smallest absolute Gasteiger partial charge is 0.336 e. The van der Waals surface area contributed by atoms with Crippen LogP contribution in [-0.4, -0.2) is 11.1 Å². The molecule has 2 aromatic carbocycles. The molecule has 0 aliphatic carbocycles. The van der Waals surface area contributed by atoms with E-state index < -0.39 is 5.97 Å². The molecule has 2 aromatic rings. The number of allylic oxidation sites excluding steroid dienone is 1. The molecule has 102 valence electrons. The quantitative estimate of drug-likeness (QED) is 0.859. The number of rotatable bonds is 4. The van der Waals surface area contributed by atoms with E-state index in [1.165, 1.54) is 6.07 Å². The van der Waals surface area contributed by atoms with Gasteiger partial charge in [0.15, 0.2) is 0 Å². The fourth-order valence-electron chi connectivity index (χ4n) is 1.75. The summed E-state index contributed by atoms with van der Waals surface area (Å²) in [6, 6.07) is 12.5. The van der Waals surface area contributed by atoms with Gasteiger partial charge in [-0.05, 0) is 47.1 Å². The molecule has 0 aromatic heterocycles. The molecule has 0 saturated heterocycles. The molecule has 0 atom stereocenters. The minimum absolute atomic E-state index is 0.207. The summed E-state index contributed by atoms with van der Waals surface area (Å²) >= 11 is 3.24. The molecule has 0 aliphatic rings. The first-order valence-corrected chi connectivity index (χ1v) is 6.83. The van der Waals surface area contributed by atoms with Crippen molar-refractivity contribution in [3.63, 3.8) is 0 Å². The van der Waals surface area contributed by atoms with Crippen molar-refractivity contribution >= 4 is 28.0 Å². The Hall–Kier alpha value is -2.07. The van der Waals surface area contributed by atoms with E-state index in [4.69, 9.17) is 9.84 Å². The van der Waals surface area contributed by atoms with Crippen LogP contribution in [0.3, 0.4) is 0 Å². The summed E-state index contributed by atoms with van der Waals surface area (Å²) in [5.41, 5.74) is 1.17. The molecule has 0 amide bonds. The average Bonchev–Trinajstić information content (AvgIpc) is 2.41. The molecular weight excluding hydrogens is 320 g/mol. The number of carboxylic acid groups (broad SMARTS) is 1. The zero-order chi connectivity index (χ0) is 14.5. The second kappa shape index (κ2) is 6.39. The van der Waals surface area contributed by atoms with E-state index in [-0.39, 0.29) is 5.56 Å². The first-order chi connectivity index (χ1) is 9.61. The number of aromatic carboxylic acids is 1. The van der Waals surface area contributed by atoms with Crippen LogP contribution in [-0.2, 0) is 0 Å². The monoisotopic (exact) mass is 332 g/mol. The van der Waals surface area contributed by atoms with Crippen molar-refractivity contribution in [2.45, 2.75) is 6.92 Å². The standard InChI is InChI=1S/C16H13BrO3/c1-2-5-11-6-3-4-7-15(11)20-12-8-9-13(16(18)19)14(17)10-12/h2-10H,1H3,(H,18,19)/b5-2+. The normalized spacial score (nSPS) is 10.7. The van der Waals surface area contributed by atoms with Crippen LogP contribution in [0.25, 0.3) is 6.08 Å². The maximum absolute atomic E-state index is 11.0. The van der Waals surface area contributed by atoms with E-state index in [0.29, 0.717) is 10.2 Å². The van der Waals surface area contributed by atoms with Crippen molar-refractivity contribution < 1.29 is 14.6 Å². The molecule has 0 spiro atoms. The third-order valence-corrected chi connectivity index (χ3v) is 3.32. The van der Waals surface area contributed by atoms with Gasteiger partial charge in [0, 0.05) is 10.0 Å². The maximum atomic E-state index is 11.0. The van der Waals surface area contributed by atoms with Gasteiger partial charge in [-0.15, -0.1) is 0 Å². The molecule has 2 rings (SSSR count). The molecule has 1 N–H and O–H groups in total. The Morgan fingerprint density at radius 2 is 2.00 bits per heavy atom. The summed E-state index contributed by atoms with van der Waals surface area (Å²) in [4.78, 5) is 11.0. The lowest BCUT2D eigenvalue weighted by molar-refractivity contribution is 0.0696. The number of para-hydroxylation sites is 1. The SMILES string of the molecule is C/C=C/c1ccccc1Oc1ccc(C(=O)O)c(Br)c1. The molecule has 20 heavy (non-hydrogen) atoms. The number of hydrogen-bond acceptors (Lipinski definition) is 2. The van der Waals surface area contributed by atoms with Crippen molar-refractivity contribution in [1.82, 2.24) is 0 Å². The maximum Gasteiger partial charge on any atom is 0.336 e. The number of carboxylic acids is 1. The highest BCUT2D eigenvalue weighted by Crippen LogP contribution is 2.29. The number of hydrogen-bond donors (Lipinski definition) is 1. The minimum atomic E-state index is -0.974. The lowest BCUT2D eigenvalue weighted by atomic mass is 10.2. The molecule has 0 bridgehead atoms. The number of benzene rings is 2. The van der Waals surface area contributed by atoms with Gasteiger partial charge in [-0.1, -0.05) is 30.4 Å². The van der Waals surface area contributed by atoms with E-state index in [1.54, 1.807) is 12.1 Å². The molecule has 0 saturated carbocycles. The predicted molar refractivity (Wildman–Crippen MR) is 82.3 cm³/mol. The lowest BCUT2D eigenvalue weighted by Gasteiger charge is -2.10. The van der Waals surface area contributed by atoms with Gasteiger partial charge in [0.2, 0.25) is 0 Å². The number of halogens is 1. The van der Waals surface area contributed by atoms with E-state index >= 15 is 0 Å². The average molecular weight is 333 g/mol. The van der Waals surface area contributed by atoms with Gasteiger partial charge in [0.1, 0.15) is 11.5 Å². The highest BCUT2D eigenvalue weighted by atomic mass is 79.9. The Morgan fingerprint density at radius 1 is 1.25 bits per heavy atom. The number of ether oxygens (including phenoxy) is 1. The molecule has 3 nitrogen and oxygen atoms in total. The summed E-state index contributed by atoms with van der Waals surface area (Å²) in [6.45, 7) is 1.94. The molecule has 0 aliphatic heterocycles. The van der Waals surface area contributed by atoms with Crippen LogP contribution < -0.4 is 4.74 Å². The highest BCUT2D eigenvalue weighted by Gasteiger charge is 2.10. The van der Waals surface area contributed by atoms with E-state index in [0.717, 1.165) is 11.3 Å². The van der Waals surface area contributed by atoms with Crippen molar-refractivity contribution in [3.8, 4) is 11.5 Å². The zero-order valence-corrected chi connectivity index (χ0v) is 12.4. The van der Waals surface area contributed by atoms with Crippen LogP contribution in [0, 0.1) is 0 Å². The molecule has 0 heterocycles. The van der Waals surface area contributed by atoms with Gasteiger partial charge in [0.05, 0.1) is 5.56 Å². The van der Waals surface area contributed by atoms with Gasteiger partial charge in [-0.25, -0.2) is 4.79 Å². The van der Waals surface area contributed by atoms with Crippen LogP contribution in [0.5, 0.6) is 11.5 Å². The second-order valence-electron chi connectivity index (χ2n) is 4.09. The fraction of sp³-hybridized carbons (Fsp3) is 0.0625. The van der Waals surface area contributed by atoms with E-state index in [2.05, 4.69) is 15.9 Å². The van der Waals surface area contributed by atoms with Crippen LogP contribution in [0.1, 0.15) is 22.8 Å². The van der Waals surface area contributed by atoms with E-state index in [1.807, 2.05) is 43.3 Å². The Balaban J connectivity index is 2.31. The van der Waals surface area contributed by atoms with Crippen LogP contribution >= 0.6 is 15.9 Å². The second-order valence-corrected chi connectivity index (χ2v) is 4.94. The molecular formula is C16H13BrO3. The van der Waals surface area contributed by atoms with Crippen molar-refractivity contribution in [2.24, 2.45) is 0 Å². The Bertz CT molecular complexity index is 663. The lowest BCUT2D eigenvalue weighted by Crippen LogP contribution is -1.97. The summed E-state index contributed by atoms with van der Waals surface area (Å²) in [6.07, 6.45) is 3.89. The van der Waals surface area contributed by atoms with Crippen LogP contribution in [0.2, 0.25) is 0 Å². The van der Waals surface area contributed by atoms with Crippen molar-refractivity contribution in [1.29, 1.82) is 0 Å². The third kappa shape index (κ3) is 3.27. The Kier molecular flexibility index (Phi) is 4.58. The highest BCUT2D eigenvalue weighted by molar-refractivity contribution is 9.10. The van der Waals surface area contributed by atoms with Gasteiger partial charge in [0.25, 0.3) is 0 Å². The van der Waals surface area contributed by atoms with Gasteiger partial charge in [-0.3, -0.25) is 0 Å². The largest absolute Gasteiger partial charge is 0.478 e. The van der Waals surface area contributed by atoms with Gasteiger partial charge < -0.3 is 9.84 Å². The molecule has 0 fully saturated rings. The van der Waals surface area contributed by atoms with Gasteiger partial charge in [-0.2, -0.15) is 0 Å². The summed E-state index contributed by atoms with van der Waals surface area (Å²) in [5, 5.41) is 8.98. The third-order valence-electron chi connectivity index (χ3n) is 2.66. The van der Waals surface area contributed by atoms with Gasteiger partial charge >= 0.3 is 5.97 Å². The topological polar surface area (TPSA) is 46.5 Å². The van der Waals surface area contributed by atoms with Crippen molar-refractivity contribution in [2.75, 3.05) is 0 Å². The fourth-order valence-corrected chi connectivity index (χ4v) is 2.28. The zero-order valence-electron chi connectivity index (χ0n) is 10.8. The summed E-state index contributed by atoms with van der Waals surface area (Å²) in [7, 11) is 0. The minimum Gasteiger partial charge on any atom is -0.478 e. The molecule has 0 radical (unpaired) electrons. The Labute approximate surface area is 125 Å². The predicted octanol–water partition coefficient (Wildman–Crippen LogP) is 4.97.